The van der Waals surface area contributed by atoms with Gasteiger partial charge < -0.3 is 14.0 Å². The molecule has 0 unspecified atom stereocenters. The van der Waals surface area contributed by atoms with Gasteiger partial charge in [-0.1, -0.05) is 34.1 Å². The molecule has 0 saturated heterocycles. The van der Waals surface area contributed by atoms with Gasteiger partial charge in [0.05, 0.1) is 24.5 Å². The molecule has 126 valence electrons. The Hall–Kier alpha value is -2.13. The third-order valence-electron chi connectivity index (χ3n) is 2.86. The molecule has 9 heteroatoms. The van der Waals surface area contributed by atoms with Gasteiger partial charge in [0.25, 0.3) is 5.19 Å². The van der Waals surface area contributed by atoms with E-state index in [0.717, 1.165) is 9.90 Å². The number of aromatic nitrogens is 4. The number of hydrogen-bond acceptors (Lipinski definition) is 9. The Morgan fingerprint density at radius 3 is 2.88 bits per heavy atom. The molecule has 1 aromatic carbocycles. The summed E-state index contributed by atoms with van der Waals surface area (Å²) in [4.78, 5) is 4.41. The largest absolute Gasteiger partial charge is 0.496 e. The van der Waals surface area contributed by atoms with Crippen molar-refractivity contribution < 1.29 is 14.0 Å². The van der Waals surface area contributed by atoms with Crippen molar-refractivity contribution in [3.05, 3.63) is 30.2 Å². The monoisotopic (exact) mass is 364 g/mol. The number of nitrogens with zero attached hydrogens (tertiary/aromatic N) is 4. The molecule has 2 heterocycles. The van der Waals surface area contributed by atoms with E-state index >= 15 is 0 Å². The van der Waals surface area contributed by atoms with Gasteiger partial charge in [-0.15, -0.1) is 5.10 Å². The van der Waals surface area contributed by atoms with E-state index in [1.165, 1.54) is 23.1 Å². The van der Waals surface area contributed by atoms with Crippen LogP contribution in [0.1, 0.15) is 19.7 Å². The molecule has 0 fully saturated rings. The van der Waals surface area contributed by atoms with E-state index < -0.39 is 0 Å². The lowest BCUT2D eigenvalue weighted by atomic mass is 10.2. The molecule has 0 saturated carbocycles. The lowest BCUT2D eigenvalue weighted by Gasteiger charge is -2.03. The number of rotatable bonds is 7. The topological polar surface area (TPSA) is 83.2 Å². The normalized spacial score (nSPS) is 11.0. The summed E-state index contributed by atoms with van der Waals surface area (Å²) < 4.78 is 16.9. The van der Waals surface area contributed by atoms with E-state index in [9.17, 15) is 0 Å². The van der Waals surface area contributed by atoms with Crippen LogP contribution in [0.15, 0.2) is 33.1 Å². The number of thioether (sulfide) groups is 1. The first kappa shape index (κ1) is 16.7. The highest BCUT2D eigenvalue weighted by Gasteiger charge is 2.14. The van der Waals surface area contributed by atoms with Gasteiger partial charge in [0.1, 0.15) is 5.75 Å². The van der Waals surface area contributed by atoms with Crippen LogP contribution < -0.4 is 9.47 Å². The van der Waals surface area contributed by atoms with Crippen LogP contribution in [0.2, 0.25) is 0 Å². The number of hydrogen-bond donors (Lipinski definition) is 0. The van der Waals surface area contributed by atoms with Gasteiger partial charge in [-0.3, -0.25) is 0 Å². The maximum absolute atomic E-state index is 5.50. The van der Waals surface area contributed by atoms with Gasteiger partial charge in [0.15, 0.2) is 4.34 Å². The smallest absolute Gasteiger partial charge is 0.295 e. The van der Waals surface area contributed by atoms with Crippen LogP contribution in [0.25, 0.3) is 11.4 Å². The first-order valence-corrected chi connectivity index (χ1v) is 9.05. The Kier molecular flexibility index (Phi) is 5.31. The van der Waals surface area contributed by atoms with Gasteiger partial charge in [0.2, 0.25) is 11.7 Å². The van der Waals surface area contributed by atoms with Crippen molar-refractivity contribution in [3.8, 4) is 22.3 Å². The minimum atomic E-state index is 0.0788. The fraction of sp³-hybridized carbons (Fsp3) is 0.333. The summed E-state index contributed by atoms with van der Waals surface area (Å²) >= 11 is 2.88. The zero-order valence-corrected chi connectivity index (χ0v) is 15.1. The maximum atomic E-state index is 5.50. The van der Waals surface area contributed by atoms with E-state index in [1.807, 2.05) is 38.1 Å². The van der Waals surface area contributed by atoms with Crippen molar-refractivity contribution in [2.45, 2.75) is 30.0 Å². The number of methoxy groups -OCH3 is 1. The van der Waals surface area contributed by atoms with Crippen LogP contribution in [-0.4, -0.2) is 33.6 Å². The van der Waals surface area contributed by atoms with E-state index in [2.05, 4.69) is 20.3 Å². The zero-order chi connectivity index (χ0) is 16.9. The molecule has 24 heavy (non-hydrogen) atoms. The van der Waals surface area contributed by atoms with Crippen molar-refractivity contribution in [1.29, 1.82) is 0 Å². The first-order valence-electron chi connectivity index (χ1n) is 7.24. The quantitative estimate of drug-likeness (QED) is 0.587. The second-order valence-electron chi connectivity index (χ2n) is 5.00. The van der Waals surface area contributed by atoms with Crippen LogP contribution in [-0.2, 0) is 5.75 Å². The number of benzene rings is 1. The van der Waals surface area contributed by atoms with Crippen molar-refractivity contribution in [2.75, 3.05) is 7.11 Å². The van der Waals surface area contributed by atoms with Crippen molar-refractivity contribution in [3.63, 3.8) is 0 Å². The number of para-hydroxylation sites is 1. The summed E-state index contributed by atoms with van der Waals surface area (Å²) in [5.74, 6) is 2.24. The Morgan fingerprint density at radius 1 is 1.25 bits per heavy atom. The molecule has 0 spiro atoms. The third-order valence-corrected chi connectivity index (χ3v) is 4.79. The van der Waals surface area contributed by atoms with Crippen LogP contribution in [0.3, 0.4) is 0 Å². The minimum Gasteiger partial charge on any atom is -0.496 e. The predicted octanol–water partition coefficient (Wildman–Crippen LogP) is 3.68. The highest BCUT2D eigenvalue weighted by Crippen LogP contribution is 2.31. The molecule has 3 aromatic rings. The van der Waals surface area contributed by atoms with E-state index in [-0.39, 0.29) is 6.10 Å². The summed E-state index contributed by atoms with van der Waals surface area (Å²) in [6, 6.07) is 7.55. The molecule has 0 N–H and O–H groups in total. The Labute approximate surface area is 147 Å². The van der Waals surface area contributed by atoms with Gasteiger partial charge in [-0.05, 0) is 37.3 Å². The van der Waals surface area contributed by atoms with Crippen molar-refractivity contribution >= 4 is 23.1 Å². The van der Waals surface area contributed by atoms with Crippen LogP contribution in [0.5, 0.6) is 10.9 Å². The maximum Gasteiger partial charge on any atom is 0.295 e. The molecular weight excluding hydrogens is 348 g/mol. The lowest BCUT2D eigenvalue weighted by Crippen LogP contribution is -2.04. The lowest BCUT2D eigenvalue weighted by molar-refractivity contribution is 0.239. The minimum absolute atomic E-state index is 0.0788. The van der Waals surface area contributed by atoms with Gasteiger partial charge in [-0.2, -0.15) is 4.98 Å². The van der Waals surface area contributed by atoms with Gasteiger partial charge in [0, 0.05) is 0 Å². The molecule has 0 bridgehead atoms. The molecule has 0 amide bonds. The molecule has 3 rings (SSSR count). The van der Waals surface area contributed by atoms with Gasteiger partial charge >= 0.3 is 0 Å². The van der Waals surface area contributed by atoms with Gasteiger partial charge in [-0.25, -0.2) is 0 Å². The standard InChI is InChI=1S/C15H16N4O3S2/c1-9(2)21-14-17-18-15(24-14)23-8-12-16-13(19-22-12)10-6-4-5-7-11(10)20-3/h4-7,9H,8H2,1-3H3. The fourth-order valence-corrected chi connectivity index (χ4v) is 3.52. The van der Waals surface area contributed by atoms with Crippen LogP contribution >= 0.6 is 23.1 Å². The summed E-state index contributed by atoms with van der Waals surface area (Å²) in [7, 11) is 1.61. The second kappa shape index (κ2) is 7.63. The highest BCUT2D eigenvalue weighted by molar-refractivity contribution is 8.00. The fourth-order valence-electron chi connectivity index (χ4n) is 1.88. The summed E-state index contributed by atoms with van der Waals surface area (Å²) in [5, 5.41) is 12.6. The van der Waals surface area contributed by atoms with E-state index in [4.69, 9.17) is 14.0 Å². The zero-order valence-electron chi connectivity index (χ0n) is 13.4. The molecule has 0 aliphatic carbocycles. The highest BCUT2D eigenvalue weighted by atomic mass is 32.2. The molecular formula is C15H16N4O3S2. The SMILES string of the molecule is COc1ccccc1-c1noc(CSc2nnc(OC(C)C)s2)n1. The van der Waals surface area contributed by atoms with Crippen molar-refractivity contribution in [1.82, 2.24) is 20.3 Å². The summed E-state index contributed by atoms with van der Waals surface area (Å²) in [6.07, 6.45) is 0.0788. The molecule has 0 aliphatic heterocycles. The van der Waals surface area contributed by atoms with Crippen molar-refractivity contribution in [2.24, 2.45) is 0 Å². The summed E-state index contributed by atoms with van der Waals surface area (Å²) in [6.45, 7) is 3.90. The average molecular weight is 364 g/mol. The third kappa shape index (κ3) is 4.04. The molecule has 2 aromatic heterocycles. The summed E-state index contributed by atoms with van der Waals surface area (Å²) in [5.41, 5.74) is 0.795. The Bertz CT molecular complexity index is 803. The van der Waals surface area contributed by atoms with E-state index in [1.54, 1.807) is 7.11 Å². The molecule has 0 aliphatic rings. The average Bonchev–Trinajstić information content (AvgIpc) is 3.21. The Balaban J connectivity index is 1.65. The molecule has 0 radical (unpaired) electrons. The van der Waals surface area contributed by atoms with Crippen LogP contribution in [0, 0.1) is 0 Å². The first-order chi connectivity index (χ1) is 11.7. The predicted molar refractivity (Wildman–Crippen MR) is 91.5 cm³/mol. The Morgan fingerprint density at radius 2 is 2.08 bits per heavy atom. The molecule has 7 nitrogen and oxygen atoms in total. The van der Waals surface area contributed by atoms with E-state index in [0.29, 0.717) is 28.4 Å². The number of ether oxygens (including phenoxy) is 2. The molecule has 0 atom stereocenters. The second-order valence-corrected chi connectivity index (χ2v) is 7.16. The van der Waals surface area contributed by atoms with Crippen LogP contribution in [0.4, 0.5) is 0 Å².